The molecule has 26 heavy (non-hydrogen) atoms. The van der Waals surface area contributed by atoms with Gasteiger partial charge in [-0.3, -0.25) is 9.59 Å². The van der Waals surface area contributed by atoms with Gasteiger partial charge in [-0.2, -0.15) is 0 Å². The molecule has 132 valence electrons. The summed E-state index contributed by atoms with van der Waals surface area (Å²) in [5.41, 5.74) is 0.886. The number of carbonyl (C=O) groups excluding carboxylic acids is 1. The van der Waals surface area contributed by atoms with E-state index in [0.717, 1.165) is 0 Å². The SMILES string of the molecule is O=C1c2oc3ccc(Cl)cc3c(=O)c2[C@@H](c2cccc(Cl)c2)N1CCO. The van der Waals surface area contributed by atoms with Gasteiger partial charge in [-0.1, -0.05) is 35.3 Å². The number of rotatable bonds is 3. The first kappa shape index (κ1) is 17.1. The van der Waals surface area contributed by atoms with E-state index in [9.17, 15) is 14.7 Å². The summed E-state index contributed by atoms with van der Waals surface area (Å²) < 4.78 is 5.75. The van der Waals surface area contributed by atoms with Crippen molar-refractivity contribution in [2.75, 3.05) is 13.2 Å². The molecule has 1 aliphatic heterocycles. The summed E-state index contributed by atoms with van der Waals surface area (Å²) in [7, 11) is 0. The molecule has 1 aromatic heterocycles. The third kappa shape index (κ3) is 2.60. The zero-order valence-corrected chi connectivity index (χ0v) is 14.9. The van der Waals surface area contributed by atoms with Crippen LogP contribution in [0.3, 0.4) is 0 Å². The Kier molecular flexibility index (Phi) is 4.23. The minimum Gasteiger partial charge on any atom is -0.450 e. The maximum absolute atomic E-state index is 13.1. The smallest absolute Gasteiger partial charge is 0.290 e. The normalized spacial score (nSPS) is 16.3. The van der Waals surface area contributed by atoms with Gasteiger partial charge in [-0.05, 0) is 35.9 Å². The number of benzene rings is 2. The first-order valence-electron chi connectivity index (χ1n) is 7.95. The van der Waals surface area contributed by atoms with E-state index in [4.69, 9.17) is 27.6 Å². The van der Waals surface area contributed by atoms with E-state index in [0.29, 0.717) is 26.6 Å². The largest absolute Gasteiger partial charge is 0.450 e. The monoisotopic (exact) mass is 389 g/mol. The highest BCUT2D eigenvalue weighted by atomic mass is 35.5. The van der Waals surface area contributed by atoms with Crippen molar-refractivity contribution < 1.29 is 14.3 Å². The van der Waals surface area contributed by atoms with Gasteiger partial charge in [0.1, 0.15) is 5.58 Å². The van der Waals surface area contributed by atoms with Gasteiger partial charge < -0.3 is 14.4 Å². The Morgan fingerprint density at radius 1 is 1.08 bits per heavy atom. The molecule has 1 atom stereocenters. The zero-order chi connectivity index (χ0) is 18.4. The van der Waals surface area contributed by atoms with E-state index in [1.807, 2.05) is 0 Å². The lowest BCUT2D eigenvalue weighted by molar-refractivity contribution is 0.0691. The van der Waals surface area contributed by atoms with Crippen LogP contribution in [0.4, 0.5) is 0 Å². The molecule has 2 heterocycles. The van der Waals surface area contributed by atoms with E-state index in [2.05, 4.69) is 0 Å². The predicted octanol–water partition coefficient (Wildman–Crippen LogP) is 3.64. The number of hydrogen-bond acceptors (Lipinski definition) is 4. The second-order valence-corrected chi connectivity index (χ2v) is 6.87. The van der Waals surface area contributed by atoms with Crippen molar-refractivity contribution in [3.63, 3.8) is 0 Å². The van der Waals surface area contributed by atoms with Gasteiger partial charge in [-0.15, -0.1) is 0 Å². The van der Waals surface area contributed by atoms with E-state index >= 15 is 0 Å². The van der Waals surface area contributed by atoms with Crippen LogP contribution in [0, 0.1) is 0 Å². The summed E-state index contributed by atoms with van der Waals surface area (Å²) in [6.07, 6.45) is 0. The van der Waals surface area contributed by atoms with E-state index in [1.165, 1.54) is 11.0 Å². The minimum absolute atomic E-state index is 0.0109. The second-order valence-electron chi connectivity index (χ2n) is 5.99. The molecule has 1 N–H and O–H groups in total. The fraction of sp³-hybridized carbons (Fsp3) is 0.158. The van der Waals surface area contributed by atoms with Crippen LogP contribution in [-0.4, -0.2) is 29.1 Å². The molecular weight excluding hydrogens is 377 g/mol. The molecule has 0 bridgehead atoms. The van der Waals surface area contributed by atoms with Crippen LogP contribution in [0.1, 0.15) is 27.7 Å². The third-order valence-electron chi connectivity index (χ3n) is 4.43. The number of aliphatic hydroxyl groups excluding tert-OH is 1. The minimum atomic E-state index is -0.678. The molecule has 3 aromatic rings. The summed E-state index contributed by atoms with van der Waals surface area (Å²) in [4.78, 5) is 27.4. The Morgan fingerprint density at radius 3 is 2.58 bits per heavy atom. The van der Waals surface area contributed by atoms with Crippen LogP contribution in [0.2, 0.25) is 10.0 Å². The summed E-state index contributed by atoms with van der Waals surface area (Å²) >= 11 is 12.1. The van der Waals surface area contributed by atoms with Crippen LogP contribution in [-0.2, 0) is 0 Å². The molecular formula is C19H13Cl2NO4. The summed E-state index contributed by atoms with van der Waals surface area (Å²) in [5.74, 6) is -0.448. The molecule has 0 radical (unpaired) electrons. The summed E-state index contributed by atoms with van der Waals surface area (Å²) in [6, 6.07) is 10.9. The first-order valence-corrected chi connectivity index (χ1v) is 8.70. The van der Waals surface area contributed by atoms with Crippen LogP contribution < -0.4 is 5.43 Å². The van der Waals surface area contributed by atoms with E-state index in [-0.39, 0.29) is 29.9 Å². The van der Waals surface area contributed by atoms with E-state index in [1.54, 1.807) is 36.4 Å². The number of halogens is 2. The average Bonchev–Trinajstić information content (AvgIpc) is 2.89. The van der Waals surface area contributed by atoms with Gasteiger partial charge >= 0.3 is 0 Å². The highest BCUT2D eigenvalue weighted by molar-refractivity contribution is 6.31. The molecule has 5 nitrogen and oxygen atoms in total. The molecule has 4 rings (SSSR count). The maximum Gasteiger partial charge on any atom is 0.290 e. The molecule has 0 saturated heterocycles. The first-order chi connectivity index (χ1) is 12.5. The Hall–Kier alpha value is -2.34. The molecule has 0 unspecified atom stereocenters. The Balaban J connectivity index is 2.03. The topological polar surface area (TPSA) is 70.8 Å². The van der Waals surface area contributed by atoms with Crippen LogP contribution >= 0.6 is 23.2 Å². The van der Waals surface area contributed by atoms with Crippen molar-refractivity contribution in [2.45, 2.75) is 6.04 Å². The van der Waals surface area contributed by atoms with Gasteiger partial charge in [-0.25, -0.2) is 0 Å². The van der Waals surface area contributed by atoms with Crippen LogP contribution in [0.15, 0.2) is 51.7 Å². The Labute approximate surface area is 158 Å². The number of nitrogens with zero attached hydrogens (tertiary/aromatic N) is 1. The Morgan fingerprint density at radius 2 is 1.85 bits per heavy atom. The lowest BCUT2D eigenvalue weighted by atomic mass is 9.98. The van der Waals surface area contributed by atoms with Crippen molar-refractivity contribution >= 4 is 40.1 Å². The fourth-order valence-electron chi connectivity index (χ4n) is 3.35. The second kappa shape index (κ2) is 6.43. The average molecular weight is 390 g/mol. The molecule has 0 spiro atoms. The lowest BCUT2D eigenvalue weighted by Gasteiger charge is -2.24. The molecule has 2 aromatic carbocycles. The lowest BCUT2D eigenvalue weighted by Crippen LogP contribution is -2.32. The predicted molar refractivity (Wildman–Crippen MR) is 98.9 cm³/mol. The molecule has 7 heteroatoms. The highest BCUT2D eigenvalue weighted by Gasteiger charge is 2.42. The number of amides is 1. The van der Waals surface area contributed by atoms with Crippen molar-refractivity contribution in [3.05, 3.63) is 79.6 Å². The van der Waals surface area contributed by atoms with E-state index < -0.39 is 11.9 Å². The van der Waals surface area contributed by atoms with Crippen LogP contribution in [0.25, 0.3) is 11.0 Å². The van der Waals surface area contributed by atoms with Crippen LogP contribution in [0.5, 0.6) is 0 Å². The zero-order valence-electron chi connectivity index (χ0n) is 13.4. The van der Waals surface area contributed by atoms with Crippen molar-refractivity contribution in [1.29, 1.82) is 0 Å². The molecule has 1 aliphatic rings. The van der Waals surface area contributed by atoms with Crippen molar-refractivity contribution in [2.24, 2.45) is 0 Å². The number of β-amino-alcohol motifs (C(OH)–C–C–N with tert-alkyl or cyclic N) is 1. The number of carbonyl (C=O) groups is 1. The third-order valence-corrected chi connectivity index (χ3v) is 4.90. The van der Waals surface area contributed by atoms with Crippen molar-refractivity contribution in [3.8, 4) is 0 Å². The highest BCUT2D eigenvalue weighted by Crippen LogP contribution is 2.38. The van der Waals surface area contributed by atoms with Gasteiger partial charge in [0.25, 0.3) is 5.91 Å². The fourth-order valence-corrected chi connectivity index (χ4v) is 3.73. The summed E-state index contributed by atoms with van der Waals surface area (Å²) in [5, 5.41) is 10.6. The van der Waals surface area contributed by atoms with Gasteiger partial charge in [0, 0.05) is 16.6 Å². The van der Waals surface area contributed by atoms with Gasteiger partial charge in [0.2, 0.25) is 5.76 Å². The molecule has 1 amide bonds. The molecule has 0 fully saturated rings. The molecule has 0 saturated carbocycles. The van der Waals surface area contributed by atoms with Gasteiger partial charge in [0.05, 0.1) is 23.6 Å². The maximum atomic E-state index is 13.1. The number of aliphatic hydroxyl groups is 1. The Bertz CT molecular complexity index is 1090. The number of hydrogen-bond donors (Lipinski definition) is 1. The standard InChI is InChI=1S/C19H13Cl2NO4/c20-11-3-1-2-10(8-11)16-15-17(24)13-9-12(21)4-5-14(13)26-18(15)19(25)22(16)6-7-23/h1-5,8-9,16,23H,6-7H2/t16-/m1/s1. The van der Waals surface area contributed by atoms with Gasteiger partial charge in [0.15, 0.2) is 5.43 Å². The quantitative estimate of drug-likeness (QED) is 0.742. The van der Waals surface area contributed by atoms with Crippen molar-refractivity contribution in [1.82, 2.24) is 4.90 Å². The summed E-state index contributed by atoms with van der Waals surface area (Å²) in [6.45, 7) is -0.174. The number of fused-ring (bicyclic) bond motifs is 2. The molecule has 0 aliphatic carbocycles.